The van der Waals surface area contributed by atoms with Gasteiger partial charge in [-0.05, 0) is 98.8 Å². The van der Waals surface area contributed by atoms with E-state index in [1.807, 2.05) is 18.3 Å². The van der Waals surface area contributed by atoms with Crippen LogP contribution in [-0.4, -0.2) is 55.7 Å². The number of carbonyl (C=O) groups is 1. The number of carboxylic acid groups (broad SMARTS) is 1. The highest BCUT2D eigenvalue weighted by Crippen LogP contribution is 2.54. The van der Waals surface area contributed by atoms with Gasteiger partial charge in [0.25, 0.3) is 0 Å². The second kappa shape index (κ2) is 17.4. The molecule has 8 heteroatoms. The van der Waals surface area contributed by atoms with Gasteiger partial charge in [-0.3, -0.25) is 4.79 Å². The SMILES string of the molecule is CCCCC[C@@H]1C=C[C@@H](CCCCC[C@H](C(=O)O)[C@H](O)[C@@H]2C=C[C@H]3[C@@H](CC4=CCNC(N)=C4)C[C@@H](Cc4cc(CC)c[nH]4)[C@@]3(O)C2)[C@H](O)C1. The van der Waals surface area contributed by atoms with Crippen LogP contribution in [0.5, 0.6) is 0 Å². The summed E-state index contributed by atoms with van der Waals surface area (Å²) in [6, 6.07) is 2.19. The fourth-order valence-corrected chi connectivity index (χ4v) is 9.38. The number of rotatable bonds is 18. The van der Waals surface area contributed by atoms with Crippen molar-refractivity contribution in [2.45, 2.75) is 128 Å². The average Bonchev–Trinajstić information content (AvgIpc) is 3.64. The number of H-pyrrole nitrogens is 1. The Morgan fingerprint density at radius 3 is 2.57 bits per heavy atom. The molecule has 3 aliphatic carbocycles. The van der Waals surface area contributed by atoms with E-state index in [1.165, 1.54) is 30.4 Å². The number of unbranched alkanes of at least 4 members (excludes halogenated alkanes) is 4. The van der Waals surface area contributed by atoms with Crippen LogP contribution in [0.2, 0.25) is 0 Å². The van der Waals surface area contributed by atoms with E-state index in [0.717, 1.165) is 57.1 Å². The Kier molecular flexibility index (Phi) is 13.3. The molecule has 272 valence electrons. The minimum atomic E-state index is -1.07. The predicted octanol–water partition coefficient (Wildman–Crippen LogP) is 6.54. The molecule has 0 bridgehead atoms. The Balaban J connectivity index is 1.19. The lowest BCUT2D eigenvalue weighted by molar-refractivity contribution is -0.148. The molecule has 1 fully saturated rings. The largest absolute Gasteiger partial charge is 0.481 e. The summed E-state index contributed by atoms with van der Waals surface area (Å²) in [5.74, 6) is -0.857. The van der Waals surface area contributed by atoms with Crippen molar-refractivity contribution in [3.05, 3.63) is 71.4 Å². The number of hydrogen-bond donors (Lipinski definition) is 7. The molecule has 1 aliphatic heterocycles. The third-order valence-corrected chi connectivity index (χ3v) is 12.3. The minimum Gasteiger partial charge on any atom is -0.481 e. The number of hydrogen-bond acceptors (Lipinski definition) is 6. The lowest BCUT2D eigenvalue weighted by atomic mass is 9.68. The molecule has 0 amide bonds. The first kappa shape index (κ1) is 37.4. The number of aliphatic carboxylic acids is 1. The third kappa shape index (κ3) is 9.50. The molecule has 1 aromatic rings. The number of dihydropyridines is 1. The highest BCUT2D eigenvalue weighted by Gasteiger charge is 2.55. The van der Waals surface area contributed by atoms with Gasteiger partial charge in [-0.25, -0.2) is 0 Å². The van der Waals surface area contributed by atoms with E-state index in [9.17, 15) is 25.2 Å². The van der Waals surface area contributed by atoms with E-state index in [-0.39, 0.29) is 29.8 Å². The molecule has 4 aliphatic rings. The van der Waals surface area contributed by atoms with Crippen LogP contribution in [0.15, 0.2) is 60.1 Å². The van der Waals surface area contributed by atoms with Crippen molar-refractivity contribution in [3.63, 3.8) is 0 Å². The van der Waals surface area contributed by atoms with Crippen molar-refractivity contribution in [2.24, 2.45) is 47.2 Å². The summed E-state index contributed by atoms with van der Waals surface area (Å²) in [6.45, 7) is 5.04. The van der Waals surface area contributed by atoms with Crippen molar-refractivity contribution >= 4 is 5.97 Å². The summed E-state index contributed by atoms with van der Waals surface area (Å²) in [6.07, 6.45) is 26.5. The van der Waals surface area contributed by atoms with Gasteiger partial charge < -0.3 is 36.5 Å². The summed E-state index contributed by atoms with van der Waals surface area (Å²) < 4.78 is 0. The van der Waals surface area contributed by atoms with Gasteiger partial charge >= 0.3 is 5.97 Å². The van der Waals surface area contributed by atoms with E-state index in [4.69, 9.17) is 5.73 Å². The number of aromatic nitrogens is 1. The van der Waals surface area contributed by atoms with Crippen molar-refractivity contribution < 1.29 is 25.2 Å². The number of carboxylic acids is 1. The molecule has 10 atom stereocenters. The Morgan fingerprint density at radius 2 is 1.86 bits per heavy atom. The Hall–Kier alpha value is -2.81. The van der Waals surface area contributed by atoms with Gasteiger partial charge in [-0.15, -0.1) is 0 Å². The molecule has 0 saturated heterocycles. The van der Waals surface area contributed by atoms with Crippen LogP contribution >= 0.6 is 0 Å². The fourth-order valence-electron chi connectivity index (χ4n) is 9.38. The molecular formula is C41H63N3O5. The maximum Gasteiger partial charge on any atom is 0.309 e. The van der Waals surface area contributed by atoms with Crippen molar-refractivity contribution in [2.75, 3.05) is 6.54 Å². The number of nitrogens with one attached hydrogen (secondary N) is 2. The Morgan fingerprint density at radius 1 is 1.04 bits per heavy atom. The number of aromatic amines is 1. The highest BCUT2D eigenvalue weighted by molar-refractivity contribution is 5.70. The first-order valence-corrected chi connectivity index (χ1v) is 19.3. The molecule has 8 N–H and O–H groups in total. The first-order valence-electron chi connectivity index (χ1n) is 19.3. The van der Waals surface area contributed by atoms with Crippen LogP contribution in [0.4, 0.5) is 0 Å². The topological polar surface area (TPSA) is 152 Å². The molecule has 0 spiro atoms. The number of allylic oxidation sites excluding steroid dienone is 3. The summed E-state index contributed by atoms with van der Waals surface area (Å²) in [4.78, 5) is 15.9. The lowest BCUT2D eigenvalue weighted by Gasteiger charge is -2.42. The zero-order valence-electron chi connectivity index (χ0n) is 29.9. The molecule has 1 saturated carbocycles. The predicted molar refractivity (Wildman–Crippen MR) is 195 cm³/mol. The molecule has 2 heterocycles. The Bertz CT molecular complexity index is 1350. The van der Waals surface area contributed by atoms with Crippen LogP contribution in [0, 0.1) is 41.4 Å². The molecule has 0 unspecified atom stereocenters. The normalized spacial score (nSPS) is 32.2. The number of aryl methyl sites for hydroxylation is 1. The average molecular weight is 678 g/mol. The Labute approximate surface area is 294 Å². The van der Waals surface area contributed by atoms with Crippen molar-refractivity contribution in [1.82, 2.24) is 10.3 Å². The van der Waals surface area contributed by atoms with E-state index in [2.05, 4.69) is 54.5 Å². The maximum absolute atomic E-state index is 12.5. The van der Waals surface area contributed by atoms with E-state index in [0.29, 0.717) is 44.0 Å². The van der Waals surface area contributed by atoms with E-state index in [1.54, 1.807) is 0 Å². The number of fused-ring (bicyclic) bond motifs is 1. The van der Waals surface area contributed by atoms with E-state index >= 15 is 0 Å². The first-order chi connectivity index (χ1) is 23.6. The van der Waals surface area contributed by atoms with Crippen molar-refractivity contribution in [1.29, 1.82) is 0 Å². The van der Waals surface area contributed by atoms with Crippen LogP contribution in [0.25, 0.3) is 0 Å². The molecule has 0 aromatic carbocycles. The summed E-state index contributed by atoms with van der Waals surface area (Å²) in [5, 5.41) is 48.2. The zero-order valence-corrected chi connectivity index (χ0v) is 29.9. The molecular weight excluding hydrogens is 614 g/mol. The molecule has 49 heavy (non-hydrogen) atoms. The van der Waals surface area contributed by atoms with Crippen LogP contribution in [0.1, 0.15) is 109 Å². The van der Waals surface area contributed by atoms with Gasteiger partial charge in [-0.1, -0.05) is 82.8 Å². The lowest BCUT2D eigenvalue weighted by Crippen LogP contribution is -2.48. The van der Waals surface area contributed by atoms with Crippen LogP contribution < -0.4 is 11.1 Å². The standard InChI is InChI=1S/C41H63N3O5/c1-3-5-7-10-28-13-14-30(37(45)21-28)11-8-6-9-12-35(40(47)48)39(46)31-15-16-36-32(19-29-17-18-43-38(42)22-29)23-33(41(36,49)25-31)24-34-20-27(4-2)26-44-34/h13-17,20,22,26,28,30-33,35-37,39,43-46,49H,3-12,18-19,21,23-25,42H2,1-2H3,(H,47,48)/t28-,30-,31-,32+,33+,35+,36+,37-,39-,41+/m1/s1. The molecule has 0 radical (unpaired) electrons. The minimum absolute atomic E-state index is 0.0202. The van der Waals surface area contributed by atoms with Gasteiger partial charge in [0.1, 0.15) is 0 Å². The number of aliphatic hydroxyl groups excluding tert-OH is 2. The molecule has 8 nitrogen and oxygen atoms in total. The smallest absolute Gasteiger partial charge is 0.309 e. The number of aliphatic hydroxyl groups is 3. The summed E-state index contributed by atoms with van der Waals surface area (Å²) in [7, 11) is 0. The van der Waals surface area contributed by atoms with E-state index < -0.39 is 29.5 Å². The molecule has 1 aromatic heterocycles. The van der Waals surface area contributed by atoms with Gasteiger partial charge in [0.2, 0.25) is 0 Å². The summed E-state index contributed by atoms with van der Waals surface area (Å²) in [5.41, 5.74) is 8.56. The van der Waals surface area contributed by atoms with Gasteiger partial charge in [0, 0.05) is 36.2 Å². The second-order valence-corrected chi connectivity index (χ2v) is 15.7. The van der Waals surface area contributed by atoms with Gasteiger partial charge in [-0.2, -0.15) is 0 Å². The monoisotopic (exact) mass is 677 g/mol. The van der Waals surface area contributed by atoms with Crippen LogP contribution in [0.3, 0.4) is 0 Å². The zero-order chi connectivity index (χ0) is 35.0. The van der Waals surface area contributed by atoms with Crippen molar-refractivity contribution in [3.8, 4) is 0 Å². The van der Waals surface area contributed by atoms with Gasteiger partial charge in [0.15, 0.2) is 0 Å². The maximum atomic E-state index is 12.5. The highest BCUT2D eigenvalue weighted by atomic mass is 16.4. The molecule has 5 rings (SSSR count). The van der Waals surface area contributed by atoms with Crippen LogP contribution in [-0.2, 0) is 17.6 Å². The summed E-state index contributed by atoms with van der Waals surface area (Å²) >= 11 is 0. The van der Waals surface area contributed by atoms with Gasteiger partial charge in [0.05, 0.1) is 29.5 Å². The fraction of sp³-hybridized carbons (Fsp3) is 0.683. The quantitative estimate of drug-likeness (QED) is 0.0688. The number of nitrogens with two attached hydrogens (primary N) is 1. The second-order valence-electron chi connectivity index (χ2n) is 15.7. The third-order valence-electron chi connectivity index (χ3n) is 12.3.